The Kier molecular flexibility index (Phi) is 2.04. The van der Waals surface area contributed by atoms with E-state index in [2.05, 4.69) is 11.2 Å². The zero-order valence-corrected chi connectivity index (χ0v) is 7.81. The highest BCUT2D eigenvalue weighted by Crippen LogP contribution is 2.13. The molecule has 0 spiro atoms. The van der Waals surface area contributed by atoms with Crippen LogP contribution in [0.25, 0.3) is 5.69 Å². The first-order chi connectivity index (χ1) is 6.83. The number of aromatic nitrogens is 2. The molecule has 0 bridgehead atoms. The molecule has 14 heavy (non-hydrogen) atoms. The summed E-state index contributed by atoms with van der Waals surface area (Å²) in [4.78, 5) is 0. The van der Waals surface area contributed by atoms with Gasteiger partial charge in [-0.1, -0.05) is 18.2 Å². The molecule has 1 heterocycles. The SMILES string of the molecule is Cc1ccccc1-n1nccc1C#N. The number of rotatable bonds is 1. The van der Waals surface area contributed by atoms with Crippen LogP contribution in [-0.2, 0) is 0 Å². The zero-order chi connectivity index (χ0) is 9.97. The van der Waals surface area contributed by atoms with Crippen molar-refractivity contribution in [3.8, 4) is 11.8 Å². The molecule has 0 fully saturated rings. The van der Waals surface area contributed by atoms with Gasteiger partial charge in [-0.05, 0) is 24.6 Å². The number of benzene rings is 1. The average molecular weight is 183 g/mol. The predicted octanol–water partition coefficient (Wildman–Crippen LogP) is 2.05. The van der Waals surface area contributed by atoms with E-state index >= 15 is 0 Å². The van der Waals surface area contributed by atoms with E-state index in [1.807, 2.05) is 31.2 Å². The molecule has 3 heteroatoms. The minimum absolute atomic E-state index is 0.555. The van der Waals surface area contributed by atoms with Crippen LogP contribution < -0.4 is 0 Å². The van der Waals surface area contributed by atoms with E-state index in [0.717, 1.165) is 11.3 Å². The Morgan fingerprint density at radius 1 is 1.29 bits per heavy atom. The molecule has 0 saturated carbocycles. The molecule has 1 aromatic heterocycles. The first-order valence-corrected chi connectivity index (χ1v) is 4.33. The van der Waals surface area contributed by atoms with Gasteiger partial charge in [0.15, 0.2) is 0 Å². The highest BCUT2D eigenvalue weighted by molar-refractivity contribution is 5.42. The van der Waals surface area contributed by atoms with Crippen LogP contribution in [0, 0.1) is 18.3 Å². The van der Waals surface area contributed by atoms with Gasteiger partial charge in [-0.25, -0.2) is 4.68 Å². The smallest absolute Gasteiger partial charge is 0.144 e. The van der Waals surface area contributed by atoms with Gasteiger partial charge in [0, 0.05) is 0 Å². The van der Waals surface area contributed by atoms with Crippen LogP contribution in [0.1, 0.15) is 11.3 Å². The van der Waals surface area contributed by atoms with E-state index in [1.54, 1.807) is 16.9 Å². The van der Waals surface area contributed by atoms with Gasteiger partial charge < -0.3 is 0 Å². The number of para-hydroxylation sites is 1. The van der Waals surface area contributed by atoms with Crippen molar-refractivity contribution in [1.82, 2.24) is 9.78 Å². The van der Waals surface area contributed by atoms with E-state index in [0.29, 0.717) is 5.69 Å². The number of hydrogen-bond acceptors (Lipinski definition) is 2. The van der Waals surface area contributed by atoms with Crippen LogP contribution in [-0.4, -0.2) is 9.78 Å². The van der Waals surface area contributed by atoms with E-state index in [1.165, 1.54) is 0 Å². The third-order valence-corrected chi connectivity index (χ3v) is 2.10. The van der Waals surface area contributed by atoms with Gasteiger partial charge in [-0.15, -0.1) is 0 Å². The van der Waals surface area contributed by atoms with Crippen molar-refractivity contribution < 1.29 is 0 Å². The van der Waals surface area contributed by atoms with Crippen LogP contribution in [0.3, 0.4) is 0 Å². The highest BCUT2D eigenvalue weighted by atomic mass is 15.3. The summed E-state index contributed by atoms with van der Waals surface area (Å²) in [7, 11) is 0. The maximum atomic E-state index is 8.85. The summed E-state index contributed by atoms with van der Waals surface area (Å²) in [5, 5.41) is 13.0. The van der Waals surface area contributed by atoms with E-state index in [4.69, 9.17) is 5.26 Å². The van der Waals surface area contributed by atoms with Crippen LogP contribution in [0.4, 0.5) is 0 Å². The van der Waals surface area contributed by atoms with Crippen molar-refractivity contribution in [2.75, 3.05) is 0 Å². The molecular weight excluding hydrogens is 174 g/mol. The topological polar surface area (TPSA) is 41.6 Å². The fourth-order valence-electron chi connectivity index (χ4n) is 1.38. The van der Waals surface area contributed by atoms with Gasteiger partial charge in [0.25, 0.3) is 0 Å². The Balaban J connectivity index is 2.62. The fraction of sp³-hybridized carbons (Fsp3) is 0.0909. The Labute approximate surface area is 82.2 Å². The molecule has 3 nitrogen and oxygen atoms in total. The number of hydrogen-bond donors (Lipinski definition) is 0. The largest absolute Gasteiger partial charge is 0.223 e. The molecule has 0 amide bonds. The van der Waals surface area contributed by atoms with Crippen molar-refractivity contribution in [3.05, 3.63) is 47.8 Å². The minimum atomic E-state index is 0.555. The zero-order valence-electron chi connectivity index (χ0n) is 7.81. The van der Waals surface area contributed by atoms with Crippen LogP contribution >= 0.6 is 0 Å². The minimum Gasteiger partial charge on any atom is -0.223 e. The molecule has 0 unspecified atom stereocenters. The number of aryl methyl sites for hydroxylation is 1. The van der Waals surface area contributed by atoms with Gasteiger partial charge in [-0.2, -0.15) is 10.4 Å². The maximum Gasteiger partial charge on any atom is 0.144 e. The van der Waals surface area contributed by atoms with Crippen molar-refractivity contribution in [1.29, 1.82) is 5.26 Å². The molecular formula is C11H9N3. The van der Waals surface area contributed by atoms with E-state index in [9.17, 15) is 0 Å². The standard InChI is InChI=1S/C11H9N3/c1-9-4-2-3-5-11(9)14-10(8-12)6-7-13-14/h2-7H,1H3. The lowest BCUT2D eigenvalue weighted by Gasteiger charge is -2.05. The third kappa shape index (κ3) is 1.27. The summed E-state index contributed by atoms with van der Waals surface area (Å²) in [5.41, 5.74) is 2.61. The predicted molar refractivity (Wildman–Crippen MR) is 53.0 cm³/mol. The highest BCUT2D eigenvalue weighted by Gasteiger charge is 2.05. The number of nitrogens with zero attached hydrogens (tertiary/aromatic N) is 3. The maximum absolute atomic E-state index is 8.85. The molecule has 2 aromatic rings. The second-order valence-electron chi connectivity index (χ2n) is 3.03. The molecule has 0 atom stereocenters. The second kappa shape index (κ2) is 3.35. The summed E-state index contributed by atoms with van der Waals surface area (Å²) in [5.74, 6) is 0. The second-order valence-corrected chi connectivity index (χ2v) is 3.03. The van der Waals surface area contributed by atoms with Gasteiger partial charge in [-0.3, -0.25) is 0 Å². The van der Waals surface area contributed by atoms with Gasteiger partial charge >= 0.3 is 0 Å². The molecule has 0 aliphatic carbocycles. The summed E-state index contributed by atoms with van der Waals surface area (Å²) in [6.45, 7) is 2.00. The normalized spacial score (nSPS) is 9.71. The van der Waals surface area contributed by atoms with Crippen LogP contribution in [0.15, 0.2) is 36.5 Å². The summed E-state index contributed by atoms with van der Waals surface area (Å²) < 4.78 is 1.65. The Morgan fingerprint density at radius 3 is 2.79 bits per heavy atom. The van der Waals surface area contributed by atoms with Gasteiger partial charge in [0.05, 0.1) is 11.9 Å². The lowest BCUT2D eigenvalue weighted by Crippen LogP contribution is -2.00. The number of nitriles is 1. The third-order valence-electron chi connectivity index (χ3n) is 2.10. The molecule has 0 aliphatic rings. The van der Waals surface area contributed by atoms with E-state index < -0.39 is 0 Å². The summed E-state index contributed by atoms with van der Waals surface area (Å²) >= 11 is 0. The molecule has 0 N–H and O–H groups in total. The molecule has 68 valence electrons. The first-order valence-electron chi connectivity index (χ1n) is 4.33. The first kappa shape index (κ1) is 8.52. The molecule has 1 aromatic carbocycles. The van der Waals surface area contributed by atoms with E-state index in [-0.39, 0.29) is 0 Å². The molecule has 0 aliphatic heterocycles. The van der Waals surface area contributed by atoms with Gasteiger partial charge in [0.2, 0.25) is 0 Å². The van der Waals surface area contributed by atoms with Crippen LogP contribution in [0.5, 0.6) is 0 Å². The van der Waals surface area contributed by atoms with Crippen molar-refractivity contribution in [2.45, 2.75) is 6.92 Å². The van der Waals surface area contributed by atoms with Crippen molar-refractivity contribution in [3.63, 3.8) is 0 Å². The Bertz CT molecular complexity index is 491. The monoisotopic (exact) mass is 183 g/mol. The quantitative estimate of drug-likeness (QED) is 0.679. The lowest BCUT2D eigenvalue weighted by molar-refractivity contribution is 0.859. The van der Waals surface area contributed by atoms with Crippen molar-refractivity contribution in [2.24, 2.45) is 0 Å². The molecule has 2 rings (SSSR count). The summed E-state index contributed by atoms with van der Waals surface area (Å²) in [6, 6.07) is 11.7. The molecule has 0 saturated heterocycles. The van der Waals surface area contributed by atoms with Crippen molar-refractivity contribution >= 4 is 0 Å². The van der Waals surface area contributed by atoms with Crippen LogP contribution in [0.2, 0.25) is 0 Å². The Morgan fingerprint density at radius 2 is 2.07 bits per heavy atom. The fourth-order valence-corrected chi connectivity index (χ4v) is 1.38. The molecule has 0 radical (unpaired) electrons. The Hall–Kier alpha value is -2.08. The summed E-state index contributed by atoms with van der Waals surface area (Å²) in [6.07, 6.45) is 1.63. The lowest BCUT2D eigenvalue weighted by atomic mass is 10.2. The van der Waals surface area contributed by atoms with Gasteiger partial charge in [0.1, 0.15) is 11.8 Å². The average Bonchev–Trinajstić information content (AvgIpc) is 2.66.